The summed E-state index contributed by atoms with van der Waals surface area (Å²) in [7, 11) is 0. The summed E-state index contributed by atoms with van der Waals surface area (Å²) in [5.74, 6) is 0. The van der Waals surface area contributed by atoms with Crippen molar-refractivity contribution in [2.75, 3.05) is 0 Å². The predicted molar refractivity (Wildman–Crippen MR) is 107 cm³/mol. The van der Waals surface area contributed by atoms with Crippen molar-refractivity contribution >= 4 is 0 Å². The Labute approximate surface area is 159 Å². The van der Waals surface area contributed by atoms with Gasteiger partial charge in [0.2, 0.25) is 0 Å². The second kappa shape index (κ2) is 7.60. The fraction of sp³-hybridized carbons (Fsp3) is 0.125. The molecule has 1 heterocycles. The smallest absolute Gasteiger partial charge is 0.136 e. The Balaban J connectivity index is 1.89. The minimum absolute atomic E-state index is 0.243. The number of aliphatic hydroxyl groups is 1. The lowest BCUT2D eigenvalue weighted by Gasteiger charge is -2.38. The van der Waals surface area contributed by atoms with Crippen LogP contribution in [0.4, 0.5) is 0 Å². The van der Waals surface area contributed by atoms with Crippen LogP contribution in [0.25, 0.3) is 0 Å². The molecule has 134 valence electrons. The molecule has 0 radical (unpaired) electrons. The maximum atomic E-state index is 12.2. The summed E-state index contributed by atoms with van der Waals surface area (Å²) < 4.78 is 2.01. The van der Waals surface area contributed by atoms with Crippen LogP contribution in [-0.2, 0) is 12.0 Å². The van der Waals surface area contributed by atoms with Crippen LogP contribution < -0.4 is 0 Å². The lowest BCUT2D eigenvalue weighted by atomic mass is 9.77. The number of hydrogen-bond acceptors (Lipinski definition) is 2. The average molecular weight is 354 g/mol. The molecule has 3 heteroatoms. The van der Waals surface area contributed by atoms with Gasteiger partial charge in [-0.2, -0.15) is 0 Å². The van der Waals surface area contributed by atoms with E-state index in [9.17, 15) is 5.11 Å². The summed E-state index contributed by atoms with van der Waals surface area (Å²) in [6.45, 7) is 0. The summed E-state index contributed by atoms with van der Waals surface area (Å²) in [6.07, 6.45) is 6.14. The third-order valence-electron chi connectivity index (χ3n) is 5.07. The van der Waals surface area contributed by atoms with E-state index in [1.54, 1.807) is 12.5 Å². The van der Waals surface area contributed by atoms with E-state index in [-0.39, 0.29) is 6.04 Å². The van der Waals surface area contributed by atoms with Gasteiger partial charge < -0.3 is 9.67 Å². The van der Waals surface area contributed by atoms with Crippen LogP contribution in [0, 0.1) is 0 Å². The average Bonchev–Trinajstić information content (AvgIpc) is 3.28. The SMILES string of the molecule is OC(c1ccccc1)(c1ccccc1)[C@H](Cc1ccccc1)n1ccnc1. The van der Waals surface area contributed by atoms with Gasteiger partial charge >= 0.3 is 0 Å². The second-order valence-corrected chi connectivity index (χ2v) is 6.71. The van der Waals surface area contributed by atoms with Gasteiger partial charge in [-0.3, -0.25) is 0 Å². The third-order valence-corrected chi connectivity index (χ3v) is 5.07. The molecule has 1 atom stereocenters. The zero-order valence-electron chi connectivity index (χ0n) is 15.0. The molecule has 0 fully saturated rings. The number of hydrogen-bond donors (Lipinski definition) is 1. The van der Waals surface area contributed by atoms with Gasteiger partial charge in [-0.15, -0.1) is 0 Å². The van der Waals surface area contributed by atoms with Crippen LogP contribution in [0.1, 0.15) is 22.7 Å². The normalized spacial score (nSPS) is 12.6. The van der Waals surface area contributed by atoms with Gasteiger partial charge in [0.05, 0.1) is 12.4 Å². The van der Waals surface area contributed by atoms with Crippen LogP contribution in [-0.4, -0.2) is 14.7 Å². The van der Waals surface area contributed by atoms with E-state index < -0.39 is 5.60 Å². The Bertz CT molecular complexity index is 912. The summed E-state index contributed by atoms with van der Waals surface area (Å²) in [5, 5.41) is 12.2. The van der Waals surface area contributed by atoms with Crippen LogP contribution in [0.2, 0.25) is 0 Å². The highest BCUT2D eigenvalue weighted by Gasteiger charge is 2.41. The monoisotopic (exact) mass is 354 g/mol. The molecule has 0 unspecified atom stereocenters. The Hall–Kier alpha value is -3.17. The van der Waals surface area contributed by atoms with Crippen molar-refractivity contribution in [3.05, 3.63) is 126 Å². The Morgan fingerprint density at radius 2 is 1.30 bits per heavy atom. The van der Waals surface area contributed by atoms with E-state index in [1.807, 2.05) is 89.6 Å². The van der Waals surface area contributed by atoms with Gasteiger partial charge in [0, 0.05) is 12.4 Å². The molecule has 0 saturated heterocycles. The van der Waals surface area contributed by atoms with Crippen LogP contribution >= 0.6 is 0 Å². The first-order valence-corrected chi connectivity index (χ1v) is 9.13. The molecule has 0 amide bonds. The molecule has 3 aromatic carbocycles. The molecule has 1 N–H and O–H groups in total. The van der Waals surface area contributed by atoms with Crippen molar-refractivity contribution in [2.24, 2.45) is 0 Å². The molecule has 0 aliphatic carbocycles. The van der Waals surface area contributed by atoms with Crippen LogP contribution in [0.15, 0.2) is 110 Å². The first kappa shape index (κ1) is 17.3. The Kier molecular flexibility index (Phi) is 4.86. The molecule has 1 aromatic heterocycles. The van der Waals surface area contributed by atoms with E-state index in [1.165, 1.54) is 5.56 Å². The lowest BCUT2D eigenvalue weighted by molar-refractivity contribution is 0.0218. The second-order valence-electron chi connectivity index (χ2n) is 6.71. The van der Waals surface area contributed by atoms with Gasteiger partial charge in [-0.1, -0.05) is 91.0 Å². The van der Waals surface area contributed by atoms with Crippen molar-refractivity contribution in [1.82, 2.24) is 9.55 Å². The van der Waals surface area contributed by atoms with Gasteiger partial charge in [0.15, 0.2) is 0 Å². The first-order valence-electron chi connectivity index (χ1n) is 9.13. The minimum atomic E-state index is -1.20. The molecule has 0 aliphatic heterocycles. The van der Waals surface area contributed by atoms with E-state index in [2.05, 4.69) is 17.1 Å². The van der Waals surface area contributed by atoms with Gasteiger partial charge in [0.1, 0.15) is 5.60 Å². The zero-order chi connectivity index (χ0) is 18.5. The molecule has 0 aliphatic rings. The highest BCUT2D eigenvalue weighted by Crippen LogP contribution is 2.41. The molecule has 0 saturated carbocycles. The van der Waals surface area contributed by atoms with Crippen molar-refractivity contribution in [2.45, 2.75) is 18.1 Å². The standard InChI is InChI=1S/C24H22N2O/c27-24(21-12-6-2-7-13-21,22-14-8-3-9-15-22)23(26-17-16-25-19-26)18-20-10-4-1-5-11-20/h1-17,19,23,27H,18H2/t23-/m0/s1. The van der Waals surface area contributed by atoms with Crippen LogP contribution in [0.3, 0.4) is 0 Å². The lowest BCUT2D eigenvalue weighted by Crippen LogP contribution is -2.39. The summed E-state index contributed by atoms with van der Waals surface area (Å²) >= 11 is 0. The van der Waals surface area contributed by atoms with Gasteiger partial charge in [-0.25, -0.2) is 4.98 Å². The largest absolute Gasteiger partial charge is 0.378 e. The molecular formula is C24H22N2O. The van der Waals surface area contributed by atoms with E-state index in [4.69, 9.17) is 0 Å². The number of nitrogens with zero attached hydrogens (tertiary/aromatic N) is 2. The highest BCUT2D eigenvalue weighted by molar-refractivity contribution is 5.38. The summed E-state index contributed by atoms with van der Waals surface area (Å²) in [6, 6.07) is 29.8. The number of rotatable bonds is 6. The Morgan fingerprint density at radius 3 is 1.78 bits per heavy atom. The van der Waals surface area contributed by atoms with Crippen molar-refractivity contribution in [1.29, 1.82) is 0 Å². The zero-order valence-corrected chi connectivity index (χ0v) is 15.0. The molecule has 27 heavy (non-hydrogen) atoms. The Morgan fingerprint density at radius 1 is 0.778 bits per heavy atom. The first-order chi connectivity index (χ1) is 13.3. The van der Waals surface area contributed by atoms with Gasteiger partial charge in [0.25, 0.3) is 0 Å². The number of benzene rings is 3. The fourth-order valence-electron chi connectivity index (χ4n) is 3.70. The summed E-state index contributed by atoms with van der Waals surface area (Å²) in [4.78, 5) is 4.24. The molecule has 0 bridgehead atoms. The van der Waals surface area contributed by atoms with E-state index >= 15 is 0 Å². The molecule has 4 aromatic rings. The van der Waals surface area contributed by atoms with E-state index in [0.717, 1.165) is 11.1 Å². The predicted octanol–water partition coefficient (Wildman–Crippen LogP) is 4.60. The molecule has 3 nitrogen and oxygen atoms in total. The maximum Gasteiger partial charge on any atom is 0.136 e. The molecule has 0 spiro atoms. The molecular weight excluding hydrogens is 332 g/mol. The number of imidazole rings is 1. The summed E-state index contributed by atoms with van der Waals surface area (Å²) in [5.41, 5.74) is 1.71. The van der Waals surface area contributed by atoms with Crippen molar-refractivity contribution in [3.63, 3.8) is 0 Å². The third kappa shape index (κ3) is 3.42. The van der Waals surface area contributed by atoms with Gasteiger partial charge in [-0.05, 0) is 23.1 Å². The maximum absolute atomic E-state index is 12.2. The topological polar surface area (TPSA) is 38.0 Å². The highest BCUT2D eigenvalue weighted by atomic mass is 16.3. The fourth-order valence-corrected chi connectivity index (χ4v) is 3.70. The molecule has 4 rings (SSSR count). The van der Waals surface area contributed by atoms with Crippen molar-refractivity contribution in [3.8, 4) is 0 Å². The minimum Gasteiger partial charge on any atom is -0.378 e. The van der Waals surface area contributed by atoms with E-state index in [0.29, 0.717) is 6.42 Å². The quantitative estimate of drug-likeness (QED) is 0.549. The number of aromatic nitrogens is 2. The van der Waals surface area contributed by atoms with Crippen molar-refractivity contribution < 1.29 is 5.11 Å². The van der Waals surface area contributed by atoms with Crippen LogP contribution in [0.5, 0.6) is 0 Å².